The molecule has 0 bridgehead atoms. The molecule has 12 nitrogen and oxygen atoms in total. The maximum absolute atomic E-state index is 13.1. The van der Waals surface area contributed by atoms with Gasteiger partial charge in [0.1, 0.15) is 24.4 Å². The van der Waals surface area contributed by atoms with Crippen LogP contribution >= 0.6 is 0 Å². The van der Waals surface area contributed by atoms with Crippen molar-refractivity contribution in [1.82, 2.24) is 5.32 Å². The van der Waals surface area contributed by atoms with Crippen LogP contribution in [0, 0.1) is 0 Å². The number of hydrogen-bond acceptors (Lipinski definition) is 10. The van der Waals surface area contributed by atoms with Gasteiger partial charge in [0.25, 0.3) is 0 Å². The van der Waals surface area contributed by atoms with Crippen LogP contribution < -0.4 is 5.32 Å². The summed E-state index contributed by atoms with van der Waals surface area (Å²) in [5.74, 6) is -0.223. The van der Waals surface area contributed by atoms with Crippen molar-refractivity contribution < 1.29 is 51.8 Å². The largest absolute Gasteiger partial charge is 0.397 e. The van der Waals surface area contributed by atoms with Crippen molar-refractivity contribution in [3.05, 3.63) is 0 Å². The molecule has 0 radical (unpaired) electrons. The molecule has 0 spiro atoms. The van der Waals surface area contributed by atoms with Gasteiger partial charge in [0.05, 0.1) is 25.4 Å². The molecule has 0 aromatic rings. The van der Waals surface area contributed by atoms with Gasteiger partial charge in [-0.1, -0.05) is 264 Å². The highest BCUT2D eigenvalue weighted by atomic mass is 32.3. The molecule has 0 aromatic heterocycles. The van der Waals surface area contributed by atoms with Crippen molar-refractivity contribution >= 4 is 16.3 Å². The van der Waals surface area contributed by atoms with Crippen LogP contribution in [-0.4, -0.2) is 95.4 Å². The van der Waals surface area contributed by atoms with E-state index in [1.807, 2.05) is 0 Å². The average Bonchev–Trinajstić information content (AvgIpc) is 3.30. The summed E-state index contributed by atoms with van der Waals surface area (Å²) in [6, 6.07) is -0.852. The molecule has 0 aliphatic carbocycles. The van der Waals surface area contributed by atoms with E-state index in [9.17, 15) is 38.2 Å². The molecular formula is C54H107NO11S. The van der Waals surface area contributed by atoms with E-state index in [2.05, 4.69) is 23.3 Å². The zero-order valence-electron chi connectivity index (χ0n) is 43.2. The second kappa shape index (κ2) is 45.0. The van der Waals surface area contributed by atoms with Crippen LogP contribution in [0.2, 0.25) is 0 Å². The summed E-state index contributed by atoms with van der Waals surface area (Å²) in [4.78, 5) is 13.1. The van der Waals surface area contributed by atoms with E-state index in [1.165, 1.54) is 205 Å². The van der Waals surface area contributed by atoms with Crippen molar-refractivity contribution in [3.63, 3.8) is 0 Å². The van der Waals surface area contributed by atoms with Gasteiger partial charge in [-0.2, -0.15) is 8.42 Å². The van der Waals surface area contributed by atoms with E-state index < -0.39 is 59.9 Å². The van der Waals surface area contributed by atoms with Crippen LogP contribution in [0.15, 0.2) is 0 Å². The lowest BCUT2D eigenvalue weighted by molar-refractivity contribution is -0.298. The predicted molar refractivity (Wildman–Crippen MR) is 273 cm³/mol. The third-order valence-corrected chi connectivity index (χ3v) is 14.4. The molecule has 6 N–H and O–H groups in total. The maximum Gasteiger partial charge on any atom is 0.397 e. The Kier molecular flexibility index (Phi) is 43.1. The lowest BCUT2D eigenvalue weighted by Gasteiger charge is -2.41. The molecule has 7 atom stereocenters. The number of carbonyl (C=O) groups excluding carboxylic acids is 1. The summed E-state index contributed by atoms with van der Waals surface area (Å²) in [6.45, 7) is 3.48. The summed E-state index contributed by atoms with van der Waals surface area (Å²) in [5.41, 5.74) is 0. The first kappa shape index (κ1) is 64.1. The van der Waals surface area contributed by atoms with Crippen molar-refractivity contribution in [3.8, 4) is 0 Å². The number of unbranched alkanes of at least 4 members (excludes halogenated alkanes) is 38. The van der Waals surface area contributed by atoms with Crippen molar-refractivity contribution in [2.24, 2.45) is 0 Å². The molecule has 400 valence electrons. The number of ether oxygens (including phenoxy) is 2. The van der Waals surface area contributed by atoms with E-state index in [-0.39, 0.29) is 12.5 Å². The normalized spacial score (nSPS) is 19.8. The molecule has 1 heterocycles. The molecule has 1 fully saturated rings. The molecule has 1 saturated heterocycles. The van der Waals surface area contributed by atoms with Crippen molar-refractivity contribution in [1.29, 1.82) is 0 Å². The zero-order valence-corrected chi connectivity index (χ0v) is 44.1. The third-order valence-electron chi connectivity index (χ3n) is 13.9. The smallest absolute Gasteiger partial charge is 0.394 e. The van der Waals surface area contributed by atoms with Crippen molar-refractivity contribution in [2.75, 3.05) is 13.2 Å². The molecule has 0 aromatic carbocycles. The summed E-state index contributed by atoms with van der Waals surface area (Å²) in [7, 11) is -5.07. The molecule has 1 rings (SSSR count). The van der Waals surface area contributed by atoms with Gasteiger partial charge in [-0.05, 0) is 12.8 Å². The fraction of sp³-hybridized carbons (Fsp3) is 0.981. The van der Waals surface area contributed by atoms with E-state index in [0.29, 0.717) is 12.8 Å². The van der Waals surface area contributed by atoms with Crippen LogP contribution in [0.25, 0.3) is 0 Å². The van der Waals surface area contributed by atoms with E-state index >= 15 is 0 Å². The van der Waals surface area contributed by atoms with E-state index in [0.717, 1.165) is 51.4 Å². The summed E-state index contributed by atoms with van der Waals surface area (Å²) in [6.07, 6.45) is 42.6. The Bertz CT molecular complexity index is 1200. The number of aliphatic hydroxyl groups is 4. The first-order valence-corrected chi connectivity index (χ1v) is 29.8. The Hall–Kier alpha value is -0.900. The molecule has 1 amide bonds. The Morgan fingerprint density at radius 1 is 0.537 bits per heavy atom. The number of amides is 1. The zero-order chi connectivity index (χ0) is 49.1. The Balaban J connectivity index is 2.27. The maximum atomic E-state index is 13.1. The third kappa shape index (κ3) is 37.5. The molecule has 13 heteroatoms. The predicted octanol–water partition coefficient (Wildman–Crippen LogP) is 12.9. The highest BCUT2D eigenvalue weighted by Gasteiger charge is 2.48. The highest BCUT2D eigenvalue weighted by Crippen LogP contribution is 2.26. The minimum atomic E-state index is -5.07. The van der Waals surface area contributed by atoms with Crippen LogP contribution in [0.4, 0.5) is 0 Å². The fourth-order valence-corrected chi connectivity index (χ4v) is 10.0. The lowest BCUT2D eigenvalue weighted by Crippen LogP contribution is -2.61. The number of hydrogen-bond donors (Lipinski definition) is 6. The molecule has 67 heavy (non-hydrogen) atoms. The van der Waals surface area contributed by atoms with Gasteiger partial charge >= 0.3 is 10.4 Å². The van der Waals surface area contributed by atoms with Crippen LogP contribution in [0.5, 0.6) is 0 Å². The van der Waals surface area contributed by atoms with E-state index in [4.69, 9.17) is 9.47 Å². The van der Waals surface area contributed by atoms with Gasteiger partial charge < -0.3 is 35.2 Å². The topological polar surface area (TPSA) is 192 Å². The molecule has 7 unspecified atom stereocenters. The Morgan fingerprint density at radius 2 is 0.866 bits per heavy atom. The first-order valence-electron chi connectivity index (χ1n) is 28.4. The molecule has 0 saturated carbocycles. The van der Waals surface area contributed by atoms with Gasteiger partial charge in [0.2, 0.25) is 5.91 Å². The summed E-state index contributed by atoms with van der Waals surface area (Å²) in [5, 5.41) is 45.0. The molecule has 1 aliphatic heterocycles. The lowest BCUT2D eigenvalue weighted by atomic mass is 9.99. The standard InChI is InChI=1S/C54H107NO11S/c1-3-5-7-9-11-13-15-17-18-19-20-21-22-23-24-25-26-27-28-29-30-32-34-36-38-40-42-44-50(58)55-47(48(57)43-41-39-37-35-33-31-16-14-12-10-8-6-4-2)46-64-54-52(60)53(66-67(61,62)63)51(59)49(45-56)65-54/h47-49,51-54,56-57,59-60H,3-46H2,1-2H3,(H,55,58)(H,61,62,63). The van der Waals surface area contributed by atoms with Gasteiger partial charge in [0.15, 0.2) is 6.29 Å². The number of carbonyl (C=O) groups is 1. The number of rotatable bonds is 50. The number of aliphatic hydroxyl groups excluding tert-OH is 4. The summed E-state index contributed by atoms with van der Waals surface area (Å²) < 4.78 is 47.8. The van der Waals surface area contributed by atoms with Gasteiger partial charge in [-0.15, -0.1) is 0 Å². The van der Waals surface area contributed by atoms with Gasteiger partial charge in [-0.3, -0.25) is 9.35 Å². The molecular weight excluding hydrogens is 871 g/mol. The Labute approximate surface area is 411 Å². The quantitative estimate of drug-likeness (QED) is 0.0251. The van der Waals surface area contributed by atoms with Crippen molar-refractivity contribution in [2.45, 2.75) is 326 Å². The van der Waals surface area contributed by atoms with Gasteiger partial charge in [0, 0.05) is 6.42 Å². The first-order chi connectivity index (χ1) is 32.5. The minimum absolute atomic E-state index is 0.223. The van der Waals surface area contributed by atoms with E-state index in [1.54, 1.807) is 0 Å². The minimum Gasteiger partial charge on any atom is -0.394 e. The Morgan fingerprint density at radius 3 is 1.19 bits per heavy atom. The SMILES string of the molecule is CCCCCCCCCCCCCCCCCCCCCCCCCCCCCC(=O)NC(COC1OC(CO)C(O)C(OS(=O)(=O)O)C1O)C(O)CCCCCCCCCCCCCCC. The monoisotopic (exact) mass is 978 g/mol. The second-order valence-electron chi connectivity index (χ2n) is 20.2. The highest BCUT2D eigenvalue weighted by molar-refractivity contribution is 7.80. The van der Waals surface area contributed by atoms with Gasteiger partial charge in [-0.25, -0.2) is 4.18 Å². The summed E-state index contributed by atoms with van der Waals surface area (Å²) >= 11 is 0. The average molecular weight is 979 g/mol. The van der Waals surface area contributed by atoms with Crippen LogP contribution in [-0.2, 0) is 28.9 Å². The fourth-order valence-electron chi connectivity index (χ4n) is 9.52. The molecule has 1 aliphatic rings. The number of nitrogens with one attached hydrogen (secondary N) is 1. The second-order valence-corrected chi connectivity index (χ2v) is 21.3. The van der Waals surface area contributed by atoms with Crippen LogP contribution in [0.1, 0.15) is 284 Å². The van der Waals surface area contributed by atoms with Crippen LogP contribution in [0.3, 0.4) is 0 Å².